The molecule has 0 radical (unpaired) electrons. The van der Waals surface area contributed by atoms with Crippen LogP contribution in [0.3, 0.4) is 0 Å². The van der Waals surface area contributed by atoms with Crippen LogP contribution in [0.5, 0.6) is 0 Å². The largest absolute Gasteiger partial charge is 0.395 e. The fourth-order valence-corrected chi connectivity index (χ4v) is 1.13. The van der Waals surface area contributed by atoms with E-state index in [1.54, 1.807) is 6.07 Å². The zero-order chi connectivity index (χ0) is 11.3. The van der Waals surface area contributed by atoms with Gasteiger partial charge in [0.2, 0.25) is 0 Å². The zero-order valence-corrected chi connectivity index (χ0v) is 7.93. The van der Waals surface area contributed by atoms with Crippen molar-refractivity contribution in [3.8, 4) is 6.07 Å². The van der Waals surface area contributed by atoms with Gasteiger partial charge in [-0.2, -0.15) is 5.26 Å². The Labute approximate surface area is 86.0 Å². The predicted octanol–water partition coefficient (Wildman–Crippen LogP) is 0.918. The van der Waals surface area contributed by atoms with E-state index in [2.05, 4.69) is 5.32 Å². The van der Waals surface area contributed by atoms with Gasteiger partial charge in [0.15, 0.2) is 0 Å². The lowest BCUT2D eigenvalue weighted by molar-refractivity contribution is 0.291. The van der Waals surface area contributed by atoms with Crippen LogP contribution in [0.15, 0.2) is 12.1 Å². The van der Waals surface area contributed by atoms with Crippen LogP contribution in [0.2, 0.25) is 0 Å². The molecular weight excluding hydrogens is 202 g/mol. The van der Waals surface area contributed by atoms with Gasteiger partial charge in [-0.25, -0.2) is 8.78 Å². The minimum Gasteiger partial charge on any atom is -0.395 e. The van der Waals surface area contributed by atoms with Crippen molar-refractivity contribution >= 4 is 0 Å². The van der Waals surface area contributed by atoms with E-state index in [0.717, 1.165) is 12.1 Å². The van der Waals surface area contributed by atoms with Crippen molar-refractivity contribution in [1.82, 2.24) is 5.32 Å². The molecule has 0 saturated heterocycles. The van der Waals surface area contributed by atoms with Crippen molar-refractivity contribution < 1.29 is 13.9 Å². The monoisotopic (exact) mass is 212 g/mol. The smallest absolute Gasteiger partial charge is 0.131 e. The van der Waals surface area contributed by atoms with E-state index in [9.17, 15) is 8.78 Å². The van der Waals surface area contributed by atoms with Crippen molar-refractivity contribution in [2.24, 2.45) is 0 Å². The Morgan fingerprint density at radius 1 is 1.33 bits per heavy atom. The first-order valence-corrected chi connectivity index (χ1v) is 4.38. The molecule has 3 nitrogen and oxygen atoms in total. The number of halogens is 2. The van der Waals surface area contributed by atoms with Crippen molar-refractivity contribution in [3.05, 3.63) is 34.9 Å². The van der Waals surface area contributed by atoms with Gasteiger partial charge < -0.3 is 10.4 Å². The van der Waals surface area contributed by atoms with Gasteiger partial charge in [-0.3, -0.25) is 0 Å². The highest BCUT2D eigenvalue weighted by molar-refractivity contribution is 5.34. The van der Waals surface area contributed by atoms with Crippen molar-refractivity contribution in [2.45, 2.75) is 6.54 Å². The molecule has 80 valence electrons. The lowest BCUT2D eigenvalue weighted by Crippen LogP contribution is -2.19. The number of aliphatic hydroxyl groups excluding tert-OH is 1. The number of aliphatic hydroxyl groups is 1. The van der Waals surface area contributed by atoms with E-state index in [0.29, 0.717) is 0 Å². The Bertz CT molecular complexity index is 364. The first-order valence-electron chi connectivity index (χ1n) is 4.38. The second-order valence-corrected chi connectivity index (χ2v) is 2.93. The van der Waals surface area contributed by atoms with Gasteiger partial charge in [-0.05, 0) is 12.1 Å². The van der Waals surface area contributed by atoms with Gasteiger partial charge in [0.25, 0.3) is 0 Å². The zero-order valence-electron chi connectivity index (χ0n) is 7.93. The van der Waals surface area contributed by atoms with Crippen LogP contribution in [0.1, 0.15) is 11.1 Å². The summed E-state index contributed by atoms with van der Waals surface area (Å²) in [6.45, 7) is 0.155. The Balaban J connectivity index is 2.85. The second kappa shape index (κ2) is 5.39. The van der Waals surface area contributed by atoms with Gasteiger partial charge in [0.05, 0.1) is 18.2 Å². The molecule has 0 saturated carbocycles. The highest BCUT2D eigenvalue weighted by Crippen LogP contribution is 2.14. The summed E-state index contributed by atoms with van der Waals surface area (Å²) in [5.74, 6) is -1.51. The number of hydrogen-bond acceptors (Lipinski definition) is 3. The molecule has 0 atom stereocenters. The van der Waals surface area contributed by atoms with Crippen molar-refractivity contribution in [2.75, 3.05) is 13.2 Å². The molecule has 0 amide bonds. The molecule has 0 aromatic heterocycles. The van der Waals surface area contributed by atoms with Gasteiger partial charge in [0, 0.05) is 18.7 Å². The number of benzene rings is 1. The molecule has 2 N–H and O–H groups in total. The standard InChI is InChI=1S/C10H10F2N2O/c11-9-3-7(5-13)4-10(12)8(9)6-14-1-2-15/h3-4,14-15H,1-2,6H2. The average molecular weight is 212 g/mol. The quantitative estimate of drug-likeness (QED) is 0.729. The first kappa shape index (κ1) is 11.6. The summed E-state index contributed by atoms with van der Waals surface area (Å²) in [5, 5.41) is 19.6. The summed E-state index contributed by atoms with van der Waals surface area (Å²) in [6.07, 6.45) is 0. The Hall–Kier alpha value is -1.51. The number of rotatable bonds is 4. The van der Waals surface area contributed by atoms with E-state index in [-0.39, 0.29) is 30.8 Å². The van der Waals surface area contributed by atoms with Crippen LogP contribution >= 0.6 is 0 Å². The maximum Gasteiger partial charge on any atom is 0.131 e. The molecule has 0 fully saturated rings. The minimum atomic E-state index is -0.753. The Morgan fingerprint density at radius 2 is 1.93 bits per heavy atom. The molecule has 1 aromatic rings. The Kier molecular flexibility index (Phi) is 4.16. The van der Waals surface area contributed by atoms with Crippen LogP contribution in [-0.2, 0) is 6.54 Å². The molecule has 0 aliphatic rings. The lowest BCUT2D eigenvalue weighted by Gasteiger charge is -2.06. The number of nitrogens with one attached hydrogen (secondary N) is 1. The van der Waals surface area contributed by atoms with Gasteiger partial charge in [-0.15, -0.1) is 0 Å². The number of hydrogen-bond donors (Lipinski definition) is 2. The maximum atomic E-state index is 13.2. The second-order valence-electron chi connectivity index (χ2n) is 2.93. The summed E-state index contributed by atoms with van der Waals surface area (Å²) in [6, 6.07) is 3.63. The lowest BCUT2D eigenvalue weighted by atomic mass is 10.1. The maximum absolute atomic E-state index is 13.2. The molecule has 0 unspecified atom stereocenters. The molecule has 0 bridgehead atoms. The summed E-state index contributed by atoms with van der Waals surface area (Å²) >= 11 is 0. The summed E-state index contributed by atoms with van der Waals surface area (Å²) < 4.78 is 26.5. The van der Waals surface area contributed by atoms with E-state index in [4.69, 9.17) is 10.4 Å². The van der Waals surface area contributed by atoms with Crippen molar-refractivity contribution in [3.63, 3.8) is 0 Å². The Morgan fingerprint density at radius 3 is 2.40 bits per heavy atom. The minimum absolute atomic E-state index is 0.00998. The van der Waals surface area contributed by atoms with Gasteiger partial charge in [0.1, 0.15) is 11.6 Å². The SMILES string of the molecule is N#Cc1cc(F)c(CNCCO)c(F)c1. The van der Waals surface area contributed by atoms with Crippen LogP contribution < -0.4 is 5.32 Å². The molecule has 15 heavy (non-hydrogen) atoms. The molecule has 5 heteroatoms. The number of nitrogens with zero attached hydrogens (tertiary/aromatic N) is 1. The van der Waals surface area contributed by atoms with Crippen LogP contribution in [-0.4, -0.2) is 18.3 Å². The fraction of sp³-hybridized carbons (Fsp3) is 0.300. The molecule has 1 aromatic carbocycles. The topological polar surface area (TPSA) is 56.0 Å². The van der Waals surface area contributed by atoms with Crippen LogP contribution in [0, 0.1) is 23.0 Å². The average Bonchev–Trinajstić information content (AvgIpc) is 2.22. The van der Waals surface area contributed by atoms with E-state index >= 15 is 0 Å². The molecular formula is C10H10F2N2O. The third kappa shape index (κ3) is 2.98. The summed E-state index contributed by atoms with van der Waals surface area (Å²) in [7, 11) is 0. The molecule has 0 spiro atoms. The van der Waals surface area contributed by atoms with E-state index in [1.807, 2.05) is 0 Å². The fourth-order valence-electron chi connectivity index (χ4n) is 1.13. The van der Waals surface area contributed by atoms with E-state index in [1.165, 1.54) is 0 Å². The predicted molar refractivity (Wildman–Crippen MR) is 49.9 cm³/mol. The third-order valence-corrected chi connectivity index (χ3v) is 1.86. The normalized spacial score (nSPS) is 10.0. The van der Waals surface area contributed by atoms with Crippen LogP contribution in [0.25, 0.3) is 0 Å². The molecule has 0 aliphatic heterocycles. The molecule has 1 rings (SSSR count). The highest BCUT2D eigenvalue weighted by atomic mass is 19.1. The van der Waals surface area contributed by atoms with Crippen LogP contribution in [0.4, 0.5) is 8.78 Å². The highest BCUT2D eigenvalue weighted by Gasteiger charge is 2.10. The van der Waals surface area contributed by atoms with Gasteiger partial charge in [-0.1, -0.05) is 0 Å². The molecule has 0 heterocycles. The van der Waals surface area contributed by atoms with Gasteiger partial charge >= 0.3 is 0 Å². The third-order valence-electron chi connectivity index (χ3n) is 1.86. The first-order chi connectivity index (χ1) is 7.19. The van der Waals surface area contributed by atoms with E-state index < -0.39 is 11.6 Å². The summed E-state index contributed by atoms with van der Waals surface area (Å²) in [4.78, 5) is 0. The number of nitriles is 1. The summed E-state index contributed by atoms with van der Waals surface area (Å²) in [5.41, 5.74) is -0.168. The van der Waals surface area contributed by atoms with Crippen molar-refractivity contribution in [1.29, 1.82) is 5.26 Å². The molecule has 0 aliphatic carbocycles.